The molecule has 0 aliphatic heterocycles. The Morgan fingerprint density at radius 3 is 2.63 bits per heavy atom. The van der Waals surface area contributed by atoms with Crippen molar-refractivity contribution in [3.63, 3.8) is 0 Å². The zero-order valence-electron chi connectivity index (χ0n) is 16.0. The third-order valence-electron chi connectivity index (χ3n) is 3.83. The molecule has 1 aromatic heterocycles. The Hall–Kier alpha value is -0.930. The van der Waals surface area contributed by atoms with Gasteiger partial charge in [0.1, 0.15) is 0 Å². The van der Waals surface area contributed by atoms with Crippen LogP contribution in [0.1, 0.15) is 24.3 Å². The lowest BCUT2D eigenvalue weighted by atomic mass is 10.1. The van der Waals surface area contributed by atoms with Crippen LogP contribution in [0.4, 0.5) is 0 Å². The number of benzene rings is 1. The summed E-state index contributed by atoms with van der Waals surface area (Å²) in [7, 11) is -0.870. The van der Waals surface area contributed by atoms with E-state index >= 15 is 0 Å². The first-order valence-electron chi connectivity index (χ1n) is 9.10. The van der Waals surface area contributed by atoms with Gasteiger partial charge in [0.2, 0.25) is 0 Å². The van der Waals surface area contributed by atoms with Gasteiger partial charge in [0.05, 0.1) is 0 Å². The van der Waals surface area contributed by atoms with Gasteiger partial charge in [-0.2, -0.15) is 0 Å². The minimum absolute atomic E-state index is 0. The number of thiophene rings is 1. The van der Waals surface area contributed by atoms with E-state index in [1.54, 1.807) is 11.3 Å². The molecule has 0 aliphatic rings. The number of guanidine groups is 1. The Balaban J connectivity index is 0.00000364. The molecule has 2 aromatic rings. The van der Waals surface area contributed by atoms with Crippen molar-refractivity contribution in [3.8, 4) is 0 Å². The molecule has 0 saturated heterocycles. The topological polar surface area (TPSA) is 53.5 Å². The number of rotatable bonds is 10. The van der Waals surface area contributed by atoms with E-state index in [0.717, 1.165) is 31.0 Å². The average molecular weight is 520 g/mol. The largest absolute Gasteiger partial charge is 0.357 e. The summed E-state index contributed by atoms with van der Waals surface area (Å²) >= 11 is 1.80. The maximum atomic E-state index is 12.2. The predicted molar refractivity (Wildman–Crippen MR) is 130 cm³/mol. The molecule has 2 unspecified atom stereocenters. The smallest absolute Gasteiger partial charge is 0.191 e. The summed E-state index contributed by atoms with van der Waals surface area (Å²) in [6.45, 7) is 6.53. The highest BCUT2D eigenvalue weighted by Crippen LogP contribution is 2.14. The molecule has 0 amide bonds. The number of aliphatic imine (C=N–C) groups is 1. The van der Waals surface area contributed by atoms with E-state index in [9.17, 15) is 4.21 Å². The molecule has 2 N–H and O–H groups in total. The second kappa shape index (κ2) is 14.1. The lowest BCUT2D eigenvalue weighted by molar-refractivity contribution is 0.595. The van der Waals surface area contributed by atoms with Gasteiger partial charge < -0.3 is 10.6 Å². The van der Waals surface area contributed by atoms with E-state index in [1.165, 1.54) is 4.88 Å². The molecule has 27 heavy (non-hydrogen) atoms. The summed E-state index contributed by atoms with van der Waals surface area (Å²) in [5, 5.41) is 8.68. The maximum Gasteiger partial charge on any atom is 0.191 e. The SMILES string of the molecule is CCNC(=NCC(C)Cc1cccs1)NCCS(=O)Cc1ccccc1.I. The van der Waals surface area contributed by atoms with E-state index < -0.39 is 10.8 Å². The number of hydrogen-bond acceptors (Lipinski definition) is 3. The third-order valence-corrected chi connectivity index (χ3v) is 6.04. The van der Waals surface area contributed by atoms with Crippen molar-refractivity contribution in [1.29, 1.82) is 0 Å². The lowest BCUT2D eigenvalue weighted by Crippen LogP contribution is -2.39. The van der Waals surface area contributed by atoms with Crippen LogP contribution < -0.4 is 10.6 Å². The second-order valence-corrected chi connectivity index (χ2v) is 8.92. The number of nitrogens with zero attached hydrogens (tertiary/aromatic N) is 1. The van der Waals surface area contributed by atoms with Gasteiger partial charge in [-0.05, 0) is 36.3 Å². The summed E-state index contributed by atoms with van der Waals surface area (Å²) in [4.78, 5) is 6.08. The second-order valence-electron chi connectivity index (χ2n) is 6.31. The molecular formula is C20H30IN3OS2. The first kappa shape index (κ1) is 24.1. The first-order valence-corrected chi connectivity index (χ1v) is 11.5. The lowest BCUT2D eigenvalue weighted by Gasteiger charge is -2.13. The van der Waals surface area contributed by atoms with Crippen LogP contribution >= 0.6 is 35.3 Å². The fraction of sp³-hybridized carbons (Fsp3) is 0.450. The molecule has 4 nitrogen and oxygen atoms in total. The molecule has 0 radical (unpaired) electrons. The van der Waals surface area contributed by atoms with Crippen molar-refractivity contribution in [1.82, 2.24) is 10.6 Å². The van der Waals surface area contributed by atoms with Crippen molar-refractivity contribution < 1.29 is 4.21 Å². The molecular weight excluding hydrogens is 489 g/mol. The van der Waals surface area contributed by atoms with Gasteiger partial charge in [0.25, 0.3) is 0 Å². The molecule has 0 bridgehead atoms. The van der Waals surface area contributed by atoms with E-state index in [0.29, 0.717) is 24.0 Å². The molecule has 150 valence electrons. The van der Waals surface area contributed by atoms with Gasteiger partial charge in [-0.1, -0.05) is 43.3 Å². The van der Waals surface area contributed by atoms with Crippen molar-refractivity contribution in [2.45, 2.75) is 26.0 Å². The van der Waals surface area contributed by atoms with Gasteiger partial charge in [0, 0.05) is 46.8 Å². The molecule has 2 atom stereocenters. The van der Waals surface area contributed by atoms with Crippen LogP contribution in [0, 0.1) is 5.92 Å². The first-order chi connectivity index (χ1) is 12.7. The summed E-state index contributed by atoms with van der Waals surface area (Å²) in [5.74, 6) is 2.52. The summed E-state index contributed by atoms with van der Waals surface area (Å²) < 4.78 is 12.2. The highest BCUT2D eigenvalue weighted by molar-refractivity contribution is 14.0. The van der Waals surface area contributed by atoms with Crippen LogP contribution in [0.25, 0.3) is 0 Å². The normalized spacial score (nSPS) is 13.5. The van der Waals surface area contributed by atoms with Crippen LogP contribution in [-0.4, -0.2) is 35.6 Å². The van der Waals surface area contributed by atoms with Gasteiger partial charge >= 0.3 is 0 Å². The fourth-order valence-electron chi connectivity index (χ4n) is 2.54. The van der Waals surface area contributed by atoms with Crippen molar-refractivity contribution >= 4 is 52.1 Å². The monoisotopic (exact) mass is 519 g/mol. The van der Waals surface area contributed by atoms with Crippen LogP contribution in [0.3, 0.4) is 0 Å². The third kappa shape index (κ3) is 10.3. The summed E-state index contributed by atoms with van der Waals surface area (Å²) in [6.07, 6.45) is 1.06. The zero-order valence-corrected chi connectivity index (χ0v) is 20.0. The molecule has 1 heterocycles. The molecule has 0 spiro atoms. The maximum absolute atomic E-state index is 12.2. The highest BCUT2D eigenvalue weighted by Gasteiger charge is 2.06. The quantitative estimate of drug-likeness (QED) is 0.283. The summed E-state index contributed by atoms with van der Waals surface area (Å²) in [5.41, 5.74) is 1.12. The Bertz CT molecular complexity index is 678. The van der Waals surface area contributed by atoms with E-state index in [2.05, 4.69) is 47.0 Å². The number of nitrogens with one attached hydrogen (secondary N) is 2. The molecule has 0 saturated carbocycles. The predicted octanol–water partition coefficient (Wildman–Crippen LogP) is 4.05. The van der Waals surface area contributed by atoms with E-state index in [1.807, 2.05) is 30.3 Å². The number of halogens is 1. The van der Waals surface area contributed by atoms with Gasteiger partial charge in [-0.3, -0.25) is 9.20 Å². The standard InChI is InChI=1S/C20H29N3OS2.HI/c1-3-21-20(23-15-17(2)14-19-10-7-12-25-19)22-11-13-26(24)16-18-8-5-4-6-9-18;/h4-10,12,17H,3,11,13-16H2,1-2H3,(H2,21,22,23);1H. The van der Waals surface area contributed by atoms with Crippen LogP contribution in [-0.2, 0) is 23.0 Å². The van der Waals surface area contributed by atoms with Gasteiger partial charge in [-0.25, -0.2) is 0 Å². The average Bonchev–Trinajstić information content (AvgIpc) is 3.13. The zero-order chi connectivity index (χ0) is 18.6. The molecule has 1 aromatic carbocycles. The van der Waals surface area contributed by atoms with E-state index in [4.69, 9.17) is 0 Å². The highest BCUT2D eigenvalue weighted by atomic mass is 127. The van der Waals surface area contributed by atoms with Crippen LogP contribution in [0.15, 0.2) is 52.8 Å². The Labute approximate surface area is 186 Å². The molecule has 7 heteroatoms. The molecule has 0 fully saturated rings. The summed E-state index contributed by atoms with van der Waals surface area (Å²) in [6, 6.07) is 14.3. The molecule has 2 rings (SSSR count). The number of hydrogen-bond donors (Lipinski definition) is 2. The molecule has 0 aliphatic carbocycles. The van der Waals surface area contributed by atoms with Crippen molar-refractivity contribution in [2.75, 3.05) is 25.4 Å². The van der Waals surface area contributed by atoms with Crippen LogP contribution in [0.2, 0.25) is 0 Å². The van der Waals surface area contributed by atoms with Gasteiger partial charge in [-0.15, -0.1) is 35.3 Å². The van der Waals surface area contributed by atoms with Crippen molar-refractivity contribution in [3.05, 3.63) is 58.3 Å². The fourth-order valence-corrected chi connectivity index (χ4v) is 4.45. The Kier molecular flexibility index (Phi) is 12.6. The van der Waals surface area contributed by atoms with Crippen LogP contribution in [0.5, 0.6) is 0 Å². The Morgan fingerprint density at radius 2 is 1.96 bits per heavy atom. The Morgan fingerprint density at radius 1 is 1.19 bits per heavy atom. The van der Waals surface area contributed by atoms with Crippen molar-refractivity contribution in [2.24, 2.45) is 10.9 Å². The van der Waals surface area contributed by atoms with E-state index in [-0.39, 0.29) is 24.0 Å². The minimum Gasteiger partial charge on any atom is -0.357 e. The van der Waals surface area contributed by atoms with Gasteiger partial charge in [0.15, 0.2) is 5.96 Å². The minimum atomic E-state index is -0.870.